The molecular weight excluding hydrogens is 415 g/mol. The Morgan fingerprint density at radius 2 is 1.78 bits per heavy atom. The summed E-state index contributed by atoms with van der Waals surface area (Å²) < 4.78 is 19.6. The van der Waals surface area contributed by atoms with Crippen molar-refractivity contribution in [1.29, 1.82) is 0 Å². The SMILES string of the molecule is CC(C)(C)OC(=O)NCC1CCC(CN2CCN(c3ccc([N+](=O)[O-])cc3F)CC2)CC1. The second-order valence-corrected chi connectivity index (χ2v) is 9.95. The van der Waals surface area contributed by atoms with E-state index in [1.54, 1.807) is 0 Å². The van der Waals surface area contributed by atoms with Crippen molar-refractivity contribution in [3.63, 3.8) is 0 Å². The number of nitro benzene ring substituents is 1. The van der Waals surface area contributed by atoms with Gasteiger partial charge in [-0.3, -0.25) is 15.0 Å². The van der Waals surface area contributed by atoms with Crippen LogP contribution < -0.4 is 10.2 Å². The molecule has 1 heterocycles. The molecule has 0 unspecified atom stereocenters. The largest absolute Gasteiger partial charge is 0.444 e. The molecule has 1 aliphatic carbocycles. The first-order valence-electron chi connectivity index (χ1n) is 11.5. The summed E-state index contributed by atoms with van der Waals surface area (Å²) in [7, 11) is 0. The van der Waals surface area contributed by atoms with Crippen molar-refractivity contribution in [3.8, 4) is 0 Å². The Hall–Kier alpha value is -2.42. The van der Waals surface area contributed by atoms with Gasteiger partial charge >= 0.3 is 6.09 Å². The zero-order valence-corrected chi connectivity index (χ0v) is 19.3. The van der Waals surface area contributed by atoms with E-state index in [-0.39, 0.29) is 11.8 Å². The number of carbonyl (C=O) groups is 1. The molecular formula is C23H35FN4O4. The molecule has 1 amide bonds. The minimum Gasteiger partial charge on any atom is -0.444 e. The molecule has 1 aliphatic heterocycles. The number of nitrogens with zero attached hydrogens (tertiary/aromatic N) is 3. The highest BCUT2D eigenvalue weighted by atomic mass is 19.1. The van der Waals surface area contributed by atoms with E-state index >= 15 is 0 Å². The monoisotopic (exact) mass is 450 g/mol. The minimum absolute atomic E-state index is 0.221. The number of non-ortho nitro benzene ring substituents is 1. The molecule has 9 heteroatoms. The smallest absolute Gasteiger partial charge is 0.407 e. The Balaban J connectivity index is 1.37. The molecule has 0 aromatic heterocycles. The van der Waals surface area contributed by atoms with Crippen molar-refractivity contribution >= 4 is 17.5 Å². The van der Waals surface area contributed by atoms with Gasteiger partial charge in [0.2, 0.25) is 0 Å². The Morgan fingerprint density at radius 3 is 2.34 bits per heavy atom. The molecule has 1 N–H and O–H groups in total. The molecule has 1 saturated heterocycles. The van der Waals surface area contributed by atoms with Crippen LogP contribution >= 0.6 is 0 Å². The van der Waals surface area contributed by atoms with Crippen molar-refractivity contribution in [2.75, 3.05) is 44.2 Å². The molecule has 0 spiro atoms. The maximum Gasteiger partial charge on any atom is 0.407 e. The number of anilines is 1. The van der Waals surface area contributed by atoms with E-state index in [1.165, 1.54) is 12.1 Å². The first kappa shape index (κ1) is 24.2. The van der Waals surface area contributed by atoms with Crippen molar-refractivity contribution in [2.45, 2.75) is 52.1 Å². The van der Waals surface area contributed by atoms with Gasteiger partial charge in [-0.2, -0.15) is 0 Å². The summed E-state index contributed by atoms with van der Waals surface area (Å²) in [5, 5.41) is 13.7. The summed E-state index contributed by atoms with van der Waals surface area (Å²) >= 11 is 0. The zero-order chi connectivity index (χ0) is 23.3. The molecule has 1 aromatic carbocycles. The second kappa shape index (κ2) is 10.5. The molecule has 1 saturated carbocycles. The van der Waals surface area contributed by atoms with Crippen LogP contribution in [-0.4, -0.2) is 60.8 Å². The number of piperazine rings is 1. The molecule has 8 nitrogen and oxygen atoms in total. The van der Waals surface area contributed by atoms with Gasteiger partial charge in [0.1, 0.15) is 5.60 Å². The summed E-state index contributed by atoms with van der Waals surface area (Å²) in [6, 6.07) is 3.87. The highest BCUT2D eigenvalue weighted by molar-refractivity contribution is 5.67. The molecule has 178 valence electrons. The van der Waals surface area contributed by atoms with Crippen LogP contribution in [0, 0.1) is 27.8 Å². The van der Waals surface area contributed by atoms with E-state index in [4.69, 9.17) is 4.74 Å². The maximum absolute atomic E-state index is 14.3. The first-order valence-corrected chi connectivity index (χ1v) is 11.5. The number of ether oxygens (including phenoxy) is 1. The molecule has 1 aromatic rings. The summed E-state index contributed by atoms with van der Waals surface area (Å²) in [5.41, 5.74) is -0.259. The molecule has 32 heavy (non-hydrogen) atoms. The summed E-state index contributed by atoms with van der Waals surface area (Å²) in [6.45, 7) is 10.4. The maximum atomic E-state index is 14.3. The van der Waals surface area contributed by atoms with Gasteiger partial charge in [0.15, 0.2) is 5.82 Å². The quantitative estimate of drug-likeness (QED) is 0.517. The van der Waals surface area contributed by atoms with Crippen LogP contribution in [0.1, 0.15) is 46.5 Å². The lowest BCUT2D eigenvalue weighted by Gasteiger charge is -2.39. The average Bonchev–Trinajstić information content (AvgIpc) is 2.72. The van der Waals surface area contributed by atoms with Crippen LogP contribution in [0.4, 0.5) is 20.6 Å². The third kappa shape index (κ3) is 7.05. The Labute approximate surface area is 189 Å². The van der Waals surface area contributed by atoms with Gasteiger partial charge in [-0.1, -0.05) is 0 Å². The lowest BCUT2D eigenvalue weighted by Crippen LogP contribution is -2.48. The highest BCUT2D eigenvalue weighted by Gasteiger charge is 2.26. The number of nitrogens with one attached hydrogen (secondary N) is 1. The predicted octanol–water partition coefficient (Wildman–Crippen LogP) is 4.19. The van der Waals surface area contributed by atoms with Gasteiger partial charge in [0, 0.05) is 45.3 Å². The molecule has 0 bridgehead atoms. The van der Waals surface area contributed by atoms with Crippen molar-refractivity contribution in [3.05, 3.63) is 34.1 Å². The number of rotatable bonds is 6. The van der Waals surface area contributed by atoms with Gasteiger partial charge in [0.25, 0.3) is 5.69 Å². The molecule has 0 radical (unpaired) electrons. The molecule has 3 rings (SSSR count). The number of nitro groups is 1. The van der Waals surface area contributed by atoms with Gasteiger partial charge in [-0.25, -0.2) is 9.18 Å². The normalized spacial score (nSPS) is 22.4. The molecule has 2 aliphatic rings. The highest BCUT2D eigenvalue weighted by Crippen LogP contribution is 2.30. The summed E-state index contributed by atoms with van der Waals surface area (Å²) in [6.07, 6.45) is 4.17. The summed E-state index contributed by atoms with van der Waals surface area (Å²) in [5.74, 6) is 0.613. The van der Waals surface area contributed by atoms with E-state index in [2.05, 4.69) is 10.2 Å². The molecule has 2 fully saturated rings. The number of benzene rings is 1. The predicted molar refractivity (Wildman–Crippen MR) is 121 cm³/mol. The number of hydrogen-bond donors (Lipinski definition) is 1. The zero-order valence-electron chi connectivity index (χ0n) is 19.3. The first-order chi connectivity index (χ1) is 15.1. The topological polar surface area (TPSA) is 88.0 Å². The van der Waals surface area contributed by atoms with Crippen molar-refractivity contribution < 1.29 is 18.8 Å². The third-order valence-electron chi connectivity index (χ3n) is 6.27. The summed E-state index contributed by atoms with van der Waals surface area (Å²) in [4.78, 5) is 26.5. The van der Waals surface area contributed by atoms with Gasteiger partial charge in [-0.15, -0.1) is 0 Å². The Kier molecular flexibility index (Phi) is 7.92. The van der Waals surface area contributed by atoms with Crippen LogP contribution in [0.25, 0.3) is 0 Å². The van der Waals surface area contributed by atoms with Crippen LogP contribution in [0.2, 0.25) is 0 Å². The lowest BCUT2D eigenvalue weighted by molar-refractivity contribution is -0.385. The fourth-order valence-corrected chi connectivity index (χ4v) is 4.56. The van der Waals surface area contributed by atoms with E-state index in [0.29, 0.717) is 37.2 Å². The number of amides is 1. The fourth-order valence-electron chi connectivity index (χ4n) is 4.56. The number of halogens is 1. The van der Waals surface area contributed by atoms with Crippen LogP contribution in [0.5, 0.6) is 0 Å². The van der Waals surface area contributed by atoms with Crippen molar-refractivity contribution in [1.82, 2.24) is 10.2 Å². The van der Waals surface area contributed by atoms with E-state index in [1.807, 2.05) is 25.7 Å². The van der Waals surface area contributed by atoms with E-state index in [0.717, 1.165) is 51.4 Å². The average molecular weight is 451 g/mol. The van der Waals surface area contributed by atoms with Crippen LogP contribution in [0.3, 0.4) is 0 Å². The third-order valence-corrected chi connectivity index (χ3v) is 6.27. The van der Waals surface area contributed by atoms with Gasteiger partial charge < -0.3 is 15.0 Å². The molecule has 0 atom stereocenters. The standard InChI is InChI=1S/C23H35FN4O4/c1-23(2,3)32-22(29)25-15-17-4-6-18(7-5-17)16-26-10-12-27(13-11-26)21-9-8-19(28(30)31)14-20(21)24/h8-9,14,17-18H,4-7,10-13,15-16H2,1-3H3,(H,25,29). The fraction of sp³-hybridized carbons (Fsp3) is 0.696. The Bertz CT molecular complexity index is 798. The van der Waals surface area contributed by atoms with Crippen molar-refractivity contribution in [2.24, 2.45) is 11.8 Å². The van der Waals surface area contributed by atoms with Crippen LogP contribution in [0.15, 0.2) is 18.2 Å². The number of carbonyl (C=O) groups excluding carboxylic acids is 1. The van der Waals surface area contributed by atoms with E-state index < -0.39 is 16.3 Å². The number of hydrogen-bond acceptors (Lipinski definition) is 6. The van der Waals surface area contributed by atoms with E-state index in [9.17, 15) is 19.3 Å². The van der Waals surface area contributed by atoms with Gasteiger partial charge in [0.05, 0.1) is 16.7 Å². The second-order valence-electron chi connectivity index (χ2n) is 9.95. The van der Waals surface area contributed by atoms with Crippen LogP contribution in [-0.2, 0) is 4.74 Å². The lowest BCUT2D eigenvalue weighted by atomic mass is 9.81. The minimum atomic E-state index is -0.576. The Morgan fingerprint density at radius 1 is 1.16 bits per heavy atom. The number of alkyl carbamates (subject to hydrolysis) is 1. The van der Waals surface area contributed by atoms with Gasteiger partial charge in [-0.05, 0) is 64.4 Å².